The van der Waals surface area contributed by atoms with Gasteiger partial charge in [0.2, 0.25) is 5.95 Å². The lowest BCUT2D eigenvalue weighted by Crippen LogP contribution is -2.47. The third-order valence-corrected chi connectivity index (χ3v) is 9.18. The molecule has 3 aromatic heterocycles. The Morgan fingerprint density at radius 1 is 1.21 bits per heavy atom. The van der Waals surface area contributed by atoms with Crippen LogP contribution in [-0.2, 0) is 28.8 Å². The van der Waals surface area contributed by atoms with Gasteiger partial charge in [0.15, 0.2) is 10.6 Å². The monoisotopic (exact) mass is 581 g/mol. The Kier molecular flexibility index (Phi) is 7.50. The summed E-state index contributed by atoms with van der Waals surface area (Å²) in [5, 5.41) is 12.6. The van der Waals surface area contributed by atoms with Crippen molar-refractivity contribution in [2.45, 2.75) is 49.5 Å². The van der Waals surface area contributed by atoms with Gasteiger partial charge in [-0.3, -0.25) is 0 Å². The van der Waals surface area contributed by atoms with Crippen molar-refractivity contribution >= 4 is 27.3 Å². The molecule has 38 heavy (non-hydrogen) atoms. The molecule has 3 atom stereocenters. The first-order valence-electron chi connectivity index (χ1n) is 11.3. The zero-order chi connectivity index (χ0) is 28.0. The zero-order valence-corrected chi connectivity index (χ0v) is 21.9. The first kappa shape index (κ1) is 28.3. The van der Waals surface area contributed by atoms with Crippen LogP contribution in [0.15, 0.2) is 29.9 Å². The largest absolute Gasteiger partial charge is 0.420 e. The molecule has 1 unspecified atom stereocenters. The number of sulfonamides is 1. The number of thiazole rings is 1. The molecule has 0 saturated carbocycles. The minimum atomic E-state index is -4.86. The van der Waals surface area contributed by atoms with Crippen LogP contribution < -0.4 is 5.32 Å². The van der Waals surface area contributed by atoms with Gasteiger partial charge in [0.25, 0.3) is 16.4 Å². The summed E-state index contributed by atoms with van der Waals surface area (Å²) in [5.41, 5.74) is -4.44. The minimum absolute atomic E-state index is 0.0806. The normalized spacial score (nSPS) is 21.0. The molecule has 0 aliphatic carbocycles. The number of hydrogen-bond donors (Lipinski definition) is 2. The summed E-state index contributed by atoms with van der Waals surface area (Å²) in [6, 6.07) is -0.374. The first-order chi connectivity index (χ1) is 17.6. The standard InChI is InChI=1S/C21H24F5N7O3S2/c1-11-8-33(38(35,36)15-9-32(3)10-29-15)5-4-13(11)30-19-28-6-12(21(24,25)26)16(31-19)17-27-7-14(37-17)20(2,34)18(22)23/h6-7,9-11,13,18,34H,4-5,8H2,1-3H3,(H,28,30,31)/t11-,13+,20?/m1/s1. The molecule has 1 saturated heterocycles. The van der Waals surface area contributed by atoms with Crippen molar-refractivity contribution in [3.05, 3.63) is 35.4 Å². The Morgan fingerprint density at radius 3 is 2.50 bits per heavy atom. The molecular formula is C21H24F5N7O3S2. The third kappa shape index (κ3) is 5.50. The Morgan fingerprint density at radius 2 is 1.92 bits per heavy atom. The number of piperidine rings is 1. The second-order valence-corrected chi connectivity index (χ2v) is 12.1. The smallest absolute Gasteiger partial charge is 0.379 e. The maximum Gasteiger partial charge on any atom is 0.420 e. The zero-order valence-electron chi connectivity index (χ0n) is 20.3. The predicted octanol–water partition coefficient (Wildman–Crippen LogP) is 3.34. The highest BCUT2D eigenvalue weighted by atomic mass is 32.2. The fourth-order valence-electron chi connectivity index (χ4n) is 3.91. The van der Waals surface area contributed by atoms with E-state index in [0.29, 0.717) is 24.0 Å². The Labute approximate surface area is 218 Å². The van der Waals surface area contributed by atoms with Crippen molar-refractivity contribution in [1.29, 1.82) is 0 Å². The lowest BCUT2D eigenvalue weighted by molar-refractivity contribution is -0.137. The highest BCUT2D eigenvalue weighted by Gasteiger charge is 2.40. The van der Waals surface area contributed by atoms with Crippen molar-refractivity contribution in [1.82, 2.24) is 28.8 Å². The van der Waals surface area contributed by atoms with E-state index in [2.05, 4.69) is 25.3 Å². The first-order valence-corrected chi connectivity index (χ1v) is 13.5. The van der Waals surface area contributed by atoms with Crippen molar-refractivity contribution in [3.63, 3.8) is 0 Å². The molecule has 0 radical (unpaired) electrons. The number of aromatic nitrogens is 5. The quantitative estimate of drug-likeness (QED) is 0.407. The molecule has 0 amide bonds. The average Bonchev–Trinajstić information content (AvgIpc) is 3.50. The van der Waals surface area contributed by atoms with E-state index in [9.17, 15) is 35.5 Å². The van der Waals surface area contributed by atoms with E-state index >= 15 is 0 Å². The van der Waals surface area contributed by atoms with Gasteiger partial charge in [0, 0.05) is 44.8 Å². The summed E-state index contributed by atoms with van der Waals surface area (Å²) < 4.78 is 96.1. The molecule has 0 bridgehead atoms. The third-order valence-electron chi connectivity index (χ3n) is 6.19. The van der Waals surface area contributed by atoms with Crippen molar-refractivity contribution < 1.29 is 35.5 Å². The molecule has 208 valence electrons. The average molecular weight is 582 g/mol. The van der Waals surface area contributed by atoms with Gasteiger partial charge in [-0.25, -0.2) is 37.1 Å². The number of imidazole rings is 1. The Bertz CT molecular complexity index is 1410. The van der Waals surface area contributed by atoms with Gasteiger partial charge in [-0.15, -0.1) is 11.3 Å². The van der Waals surface area contributed by atoms with E-state index in [-0.39, 0.29) is 45.9 Å². The van der Waals surface area contributed by atoms with Gasteiger partial charge < -0.3 is 15.0 Å². The van der Waals surface area contributed by atoms with E-state index in [4.69, 9.17) is 0 Å². The number of aryl methyl sites for hydroxylation is 1. The molecule has 0 spiro atoms. The maximum atomic E-state index is 13.7. The molecule has 0 aromatic carbocycles. The number of halogens is 5. The van der Waals surface area contributed by atoms with Crippen molar-refractivity contribution in [3.8, 4) is 10.7 Å². The fourth-order valence-corrected chi connectivity index (χ4v) is 6.40. The molecule has 1 fully saturated rings. The number of alkyl halides is 5. The molecule has 10 nitrogen and oxygen atoms in total. The number of anilines is 1. The van der Waals surface area contributed by atoms with Crippen LogP contribution >= 0.6 is 11.3 Å². The highest BCUT2D eigenvalue weighted by molar-refractivity contribution is 7.89. The van der Waals surface area contributed by atoms with Crippen LogP contribution in [0, 0.1) is 5.92 Å². The van der Waals surface area contributed by atoms with E-state index in [0.717, 1.165) is 13.1 Å². The summed E-state index contributed by atoms with van der Waals surface area (Å²) in [7, 11) is -2.16. The number of aliphatic hydroxyl groups is 1. The Balaban J connectivity index is 1.57. The molecular weight excluding hydrogens is 557 g/mol. The van der Waals surface area contributed by atoms with Crippen molar-refractivity contribution in [2.24, 2.45) is 13.0 Å². The minimum Gasteiger partial charge on any atom is -0.379 e. The SMILES string of the molecule is C[C@@H]1CN(S(=O)(=O)c2cn(C)cn2)CC[C@@H]1Nc1ncc(C(F)(F)F)c(-c2ncc(C(C)(O)C(F)F)s2)n1. The fraction of sp³-hybridized carbons (Fsp3) is 0.524. The van der Waals surface area contributed by atoms with E-state index in [1.165, 1.54) is 21.4 Å². The second kappa shape index (κ2) is 10.1. The summed E-state index contributed by atoms with van der Waals surface area (Å²) in [6.45, 7) is 2.88. The second-order valence-electron chi connectivity index (χ2n) is 9.19. The van der Waals surface area contributed by atoms with Crippen LogP contribution in [0.2, 0.25) is 0 Å². The van der Waals surface area contributed by atoms with Gasteiger partial charge in [-0.1, -0.05) is 6.92 Å². The predicted molar refractivity (Wildman–Crippen MR) is 127 cm³/mol. The summed E-state index contributed by atoms with van der Waals surface area (Å²) in [6.07, 6.45) is -3.50. The summed E-state index contributed by atoms with van der Waals surface area (Å²) in [4.78, 5) is 15.2. The highest BCUT2D eigenvalue weighted by Crippen LogP contribution is 2.40. The van der Waals surface area contributed by atoms with Gasteiger partial charge >= 0.3 is 6.18 Å². The topological polar surface area (TPSA) is 126 Å². The summed E-state index contributed by atoms with van der Waals surface area (Å²) >= 11 is 0.469. The molecule has 1 aliphatic rings. The van der Waals surface area contributed by atoms with E-state index < -0.39 is 39.5 Å². The van der Waals surface area contributed by atoms with Crippen LogP contribution in [-0.4, -0.2) is 67.9 Å². The number of nitrogens with zero attached hydrogens (tertiary/aromatic N) is 6. The molecule has 2 N–H and O–H groups in total. The van der Waals surface area contributed by atoms with Gasteiger partial charge in [0.1, 0.15) is 16.3 Å². The Hall–Kier alpha value is -2.76. The summed E-state index contributed by atoms with van der Waals surface area (Å²) in [5.74, 6) is -0.438. The van der Waals surface area contributed by atoms with E-state index in [1.54, 1.807) is 14.0 Å². The molecule has 1 aliphatic heterocycles. The number of hydrogen-bond acceptors (Lipinski definition) is 9. The molecule has 4 rings (SSSR count). The van der Waals surface area contributed by atoms with E-state index in [1.807, 2.05) is 0 Å². The van der Waals surface area contributed by atoms with Crippen LogP contribution in [0.1, 0.15) is 30.7 Å². The lowest BCUT2D eigenvalue weighted by Gasteiger charge is -2.36. The van der Waals surface area contributed by atoms with Crippen LogP contribution in [0.3, 0.4) is 0 Å². The van der Waals surface area contributed by atoms with Gasteiger partial charge in [-0.05, 0) is 19.3 Å². The van der Waals surface area contributed by atoms with Gasteiger partial charge in [0.05, 0.1) is 11.2 Å². The van der Waals surface area contributed by atoms with Gasteiger partial charge in [-0.2, -0.15) is 17.5 Å². The van der Waals surface area contributed by atoms with Crippen molar-refractivity contribution in [2.75, 3.05) is 18.4 Å². The maximum absolute atomic E-state index is 13.7. The lowest BCUT2D eigenvalue weighted by atomic mass is 9.95. The molecule has 4 heterocycles. The van der Waals surface area contributed by atoms with Crippen LogP contribution in [0.4, 0.5) is 27.9 Å². The van der Waals surface area contributed by atoms with Crippen LogP contribution in [0.25, 0.3) is 10.7 Å². The molecule has 17 heteroatoms. The number of rotatable bonds is 7. The number of nitrogens with one attached hydrogen (secondary N) is 1. The molecule has 3 aromatic rings. The van der Waals surface area contributed by atoms with Crippen LogP contribution in [0.5, 0.6) is 0 Å².